The van der Waals surface area contributed by atoms with Crippen molar-refractivity contribution in [2.45, 2.75) is 24.9 Å². The van der Waals surface area contributed by atoms with E-state index in [0.717, 1.165) is 32.5 Å². The Labute approximate surface area is 104 Å². The Morgan fingerprint density at radius 2 is 2.12 bits per heavy atom. The Morgan fingerprint density at radius 1 is 1.35 bits per heavy atom. The fourth-order valence-corrected chi connectivity index (χ4v) is 4.73. The molecule has 0 spiro atoms. The van der Waals surface area contributed by atoms with Crippen molar-refractivity contribution in [3.8, 4) is 0 Å². The standard InChI is InChI=1S/C11H23N3O2S/c1-13-4-2-5-14(11(7-12)8-13)10-3-6-17(15,16)9-10/h10-11H,2-9,12H2,1H3. The Balaban J connectivity index is 2.07. The maximum absolute atomic E-state index is 11.6. The summed E-state index contributed by atoms with van der Waals surface area (Å²) < 4.78 is 23.1. The van der Waals surface area contributed by atoms with Crippen molar-refractivity contribution in [2.75, 3.05) is 44.7 Å². The van der Waals surface area contributed by atoms with Crippen LogP contribution in [0.3, 0.4) is 0 Å². The minimum atomic E-state index is -2.80. The zero-order valence-electron chi connectivity index (χ0n) is 10.5. The third-order valence-electron chi connectivity index (χ3n) is 3.90. The molecular weight excluding hydrogens is 238 g/mol. The fourth-order valence-electron chi connectivity index (χ4n) is 2.99. The molecule has 2 aliphatic rings. The number of rotatable bonds is 2. The van der Waals surface area contributed by atoms with Gasteiger partial charge in [0.2, 0.25) is 0 Å². The van der Waals surface area contributed by atoms with E-state index in [0.29, 0.717) is 24.1 Å². The van der Waals surface area contributed by atoms with Crippen LogP contribution in [-0.4, -0.2) is 75.0 Å². The minimum absolute atomic E-state index is 0.194. The number of nitrogens with two attached hydrogens (primary N) is 1. The highest BCUT2D eigenvalue weighted by Crippen LogP contribution is 2.21. The van der Waals surface area contributed by atoms with Crippen molar-refractivity contribution in [1.29, 1.82) is 0 Å². The second kappa shape index (κ2) is 5.22. The molecule has 0 aromatic rings. The summed E-state index contributed by atoms with van der Waals surface area (Å²) in [6, 6.07) is 0.501. The first-order chi connectivity index (χ1) is 8.02. The number of nitrogens with zero attached hydrogens (tertiary/aromatic N) is 2. The van der Waals surface area contributed by atoms with E-state index >= 15 is 0 Å². The molecule has 2 saturated heterocycles. The molecule has 100 valence electrons. The Bertz CT molecular complexity index is 358. The average molecular weight is 261 g/mol. The lowest BCUT2D eigenvalue weighted by atomic mass is 10.1. The summed E-state index contributed by atoms with van der Waals surface area (Å²) in [5.41, 5.74) is 5.84. The van der Waals surface area contributed by atoms with Crippen LogP contribution in [0.15, 0.2) is 0 Å². The van der Waals surface area contributed by atoms with Gasteiger partial charge < -0.3 is 10.6 Å². The highest BCUT2D eigenvalue weighted by molar-refractivity contribution is 7.91. The largest absolute Gasteiger partial charge is 0.329 e. The molecule has 5 nitrogen and oxygen atoms in total. The molecule has 0 bridgehead atoms. The number of hydrogen-bond acceptors (Lipinski definition) is 5. The van der Waals surface area contributed by atoms with Crippen molar-refractivity contribution < 1.29 is 8.42 Å². The fraction of sp³-hybridized carbons (Fsp3) is 1.00. The van der Waals surface area contributed by atoms with Crippen molar-refractivity contribution in [1.82, 2.24) is 9.80 Å². The highest BCUT2D eigenvalue weighted by atomic mass is 32.2. The monoisotopic (exact) mass is 261 g/mol. The molecule has 2 N–H and O–H groups in total. The lowest BCUT2D eigenvalue weighted by molar-refractivity contribution is 0.148. The van der Waals surface area contributed by atoms with Gasteiger partial charge in [-0.05, 0) is 26.4 Å². The molecule has 2 fully saturated rings. The topological polar surface area (TPSA) is 66.6 Å². The lowest BCUT2D eigenvalue weighted by Crippen LogP contribution is -2.50. The van der Waals surface area contributed by atoms with Crippen LogP contribution in [0.4, 0.5) is 0 Å². The van der Waals surface area contributed by atoms with Gasteiger partial charge in [-0.2, -0.15) is 0 Å². The summed E-state index contributed by atoms with van der Waals surface area (Å²) in [4.78, 5) is 4.63. The molecule has 6 heteroatoms. The summed E-state index contributed by atoms with van der Waals surface area (Å²) in [5.74, 6) is 0.675. The number of hydrogen-bond donors (Lipinski definition) is 1. The molecule has 2 heterocycles. The molecular formula is C11H23N3O2S. The molecule has 17 heavy (non-hydrogen) atoms. The summed E-state index contributed by atoms with van der Waals surface area (Å²) >= 11 is 0. The van der Waals surface area contributed by atoms with Gasteiger partial charge in [0.1, 0.15) is 0 Å². The third kappa shape index (κ3) is 3.19. The Kier molecular flexibility index (Phi) is 4.07. The maximum atomic E-state index is 11.6. The van der Waals surface area contributed by atoms with Gasteiger partial charge in [-0.15, -0.1) is 0 Å². The van der Waals surface area contributed by atoms with Gasteiger partial charge in [0.25, 0.3) is 0 Å². The zero-order chi connectivity index (χ0) is 12.5. The first-order valence-electron chi connectivity index (χ1n) is 6.36. The number of sulfone groups is 1. The van der Waals surface area contributed by atoms with E-state index in [1.807, 2.05) is 0 Å². The second-order valence-corrected chi connectivity index (χ2v) is 7.53. The predicted molar refractivity (Wildman–Crippen MR) is 68.7 cm³/mol. The summed E-state index contributed by atoms with van der Waals surface area (Å²) in [5, 5.41) is 0. The smallest absolute Gasteiger partial charge is 0.151 e. The van der Waals surface area contributed by atoms with Gasteiger partial charge in [-0.1, -0.05) is 0 Å². The van der Waals surface area contributed by atoms with Crippen LogP contribution in [0.5, 0.6) is 0 Å². The van der Waals surface area contributed by atoms with Crippen molar-refractivity contribution in [3.63, 3.8) is 0 Å². The van der Waals surface area contributed by atoms with Gasteiger partial charge in [-0.25, -0.2) is 8.42 Å². The Morgan fingerprint density at radius 3 is 2.71 bits per heavy atom. The van der Waals surface area contributed by atoms with Gasteiger partial charge >= 0.3 is 0 Å². The molecule has 2 unspecified atom stereocenters. The van der Waals surface area contributed by atoms with Crippen LogP contribution in [0, 0.1) is 0 Å². The third-order valence-corrected chi connectivity index (χ3v) is 5.65. The summed E-state index contributed by atoms with van der Waals surface area (Å²) in [6.45, 7) is 3.62. The maximum Gasteiger partial charge on any atom is 0.151 e. The van der Waals surface area contributed by atoms with Gasteiger partial charge in [-0.3, -0.25) is 4.90 Å². The van der Waals surface area contributed by atoms with E-state index in [1.165, 1.54) is 0 Å². The minimum Gasteiger partial charge on any atom is -0.329 e. The van der Waals surface area contributed by atoms with Crippen molar-refractivity contribution >= 4 is 9.84 Å². The van der Waals surface area contributed by atoms with Gasteiger partial charge in [0.05, 0.1) is 11.5 Å². The Hall–Kier alpha value is -0.170. The van der Waals surface area contributed by atoms with E-state index < -0.39 is 9.84 Å². The molecule has 0 amide bonds. The van der Waals surface area contributed by atoms with E-state index in [-0.39, 0.29) is 6.04 Å². The SMILES string of the molecule is CN1CCCN(C2CCS(=O)(=O)C2)C(CN)C1. The van der Waals surface area contributed by atoms with Crippen LogP contribution < -0.4 is 5.73 Å². The molecule has 0 aliphatic carbocycles. The van der Waals surface area contributed by atoms with Crippen molar-refractivity contribution in [3.05, 3.63) is 0 Å². The highest BCUT2D eigenvalue weighted by Gasteiger charge is 2.36. The van der Waals surface area contributed by atoms with E-state index in [2.05, 4.69) is 16.8 Å². The molecule has 2 rings (SSSR count). The van der Waals surface area contributed by atoms with E-state index in [1.54, 1.807) is 0 Å². The zero-order valence-corrected chi connectivity index (χ0v) is 11.3. The average Bonchev–Trinajstić information content (AvgIpc) is 2.51. The molecule has 0 aromatic heterocycles. The first-order valence-corrected chi connectivity index (χ1v) is 8.19. The van der Waals surface area contributed by atoms with Crippen LogP contribution >= 0.6 is 0 Å². The lowest BCUT2D eigenvalue weighted by Gasteiger charge is -2.34. The van der Waals surface area contributed by atoms with Crippen molar-refractivity contribution in [2.24, 2.45) is 5.73 Å². The predicted octanol–water partition coefficient (Wildman–Crippen LogP) is -0.862. The van der Waals surface area contributed by atoms with Crippen LogP contribution in [0.1, 0.15) is 12.8 Å². The van der Waals surface area contributed by atoms with Gasteiger partial charge in [0, 0.05) is 31.7 Å². The van der Waals surface area contributed by atoms with E-state index in [9.17, 15) is 8.42 Å². The molecule has 0 radical (unpaired) electrons. The molecule has 0 saturated carbocycles. The normalized spacial score (nSPS) is 35.9. The van der Waals surface area contributed by atoms with Crippen LogP contribution in [0.2, 0.25) is 0 Å². The second-order valence-electron chi connectivity index (χ2n) is 5.30. The summed E-state index contributed by atoms with van der Waals surface area (Å²) in [7, 11) is -0.689. The van der Waals surface area contributed by atoms with Crippen LogP contribution in [-0.2, 0) is 9.84 Å². The number of likely N-dealkylation sites (N-methyl/N-ethyl adjacent to an activating group) is 1. The molecule has 2 atom stereocenters. The van der Waals surface area contributed by atoms with E-state index in [4.69, 9.17) is 5.73 Å². The molecule has 2 aliphatic heterocycles. The van der Waals surface area contributed by atoms with Gasteiger partial charge in [0.15, 0.2) is 9.84 Å². The molecule has 0 aromatic carbocycles. The first kappa shape index (κ1) is 13.3. The quantitative estimate of drug-likeness (QED) is 0.700. The van der Waals surface area contributed by atoms with Crippen LogP contribution in [0.25, 0.3) is 0 Å². The summed E-state index contributed by atoms with van der Waals surface area (Å²) in [6.07, 6.45) is 1.88.